The Hall–Kier alpha value is -1.30. The van der Waals surface area contributed by atoms with Gasteiger partial charge in [-0.1, -0.05) is 13.3 Å². The summed E-state index contributed by atoms with van der Waals surface area (Å²) >= 11 is 0. The predicted molar refractivity (Wildman–Crippen MR) is 77.7 cm³/mol. The molecule has 6 nitrogen and oxygen atoms in total. The van der Waals surface area contributed by atoms with Crippen molar-refractivity contribution in [2.24, 2.45) is 5.92 Å². The molecule has 0 aromatic rings. The molecule has 2 unspecified atom stereocenters. The number of aliphatic carboxylic acids is 1. The van der Waals surface area contributed by atoms with Crippen molar-refractivity contribution in [2.45, 2.75) is 39.2 Å². The monoisotopic (exact) mass is 285 g/mol. The molecule has 0 aromatic carbocycles. The van der Waals surface area contributed by atoms with Crippen LogP contribution in [0.4, 0.5) is 4.79 Å². The van der Waals surface area contributed by atoms with Gasteiger partial charge in [0.15, 0.2) is 0 Å². The van der Waals surface area contributed by atoms with Crippen molar-refractivity contribution >= 4 is 12.0 Å². The normalized spacial score (nSPS) is 19.1. The van der Waals surface area contributed by atoms with Gasteiger partial charge in [0.1, 0.15) is 0 Å². The summed E-state index contributed by atoms with van der Waals surface area (Å²) in [5, 5.41) is 11.8. The maximum absolute atomic E-state index is 12.0. The van der Waals surface area contributed by atoms with Crippen LogP contribution in [0.25, 0.3) is 0 Å². The van der Waals surface area contributed by atoms with Crippen LogP contribution in [0, 0.1) is 5.92 Å². The summed E-state index contributed by atoms with van der Waals surface area (Å²) in [7, 11) is 1.63. The Morgan fingerprint density at radius 3 is 2.40 bits per heavy atom. The maximum atomic E-state index is 12.0. The van der Waals surface area contributed by atoms with E-state index < -0.39 is 11.9 Å². The van der Waals surface area contributed by atoms with Gasteiger partial charge in [0, 0.05) is 26.2 Å². The fourth-order valence-corrected chi connectivity index (χ4v) is 2.47. The number of carbonyl (C=O) groups is 2. The van der Waals surface area contributed by atoms with Crippen LogP contribution in [0.2, 0.25) is 0 Å². The summed E-state index contributed by atoms with van der Waals surface area (Å²) in [5.74, 6) is -1.44. The van der Waals surface area contributed by atoms with Gasteiger partial charge in [-0.05, 0) is 32.9 Å². The molecule has 2 atom stereocenters. The highest BCUT2D eigenvalue weighted by atomic mass is 16.4. The number of nitrogens with zero attached hydrogens (tertiary/aromatic N) is 2. The third kappa shape index (κ3) is 5.77. The number of hydrogen-bond acceptors (Lipinski definition) is 3. The second kappa shape index (κ2) is 8.09. The van der Waals surface area contributed by atoms with Gasteiger partial charge >= 0.3 is 12.0 Å². The molecular weight excluding hydrogens is 258 g/mol. The molecule has 20 heavy (non-hydrogen) atoms. The van der Waals surface area contributed by atoms with Crippen LogP contribution in [0.5, 0.6) is 0 Å². The van der Waals surface area contributed by atoms with Crippen molar-refractivity contribution in [3.05, 3.63) is 0 Å². The summed E-state index contributed by atoms with van der Waals surface area (Å²) < 4.78 is 0. The van der Waals surface area contributed by atoms with E-state index in [9.17, 15) is 9.59 Å². The van der Waals surface area contributed by atoms with Gasteiger partial charge < -0.3 is 20.2 Å². The minimum absolute atomic E-state index is 0.0724. The average molecular weight is 285 g/mol. The van der Waals surface area contributed by atoms with Crippen LogP contribution in [0.1, 0.15) is 33.1 Å². The number of carboxylic acids is 1. The number of carboxylic acid groups (broad SMARTS) is 1. The van der Waals surface area contributed by atoms with E-state index in [1.165, 1.54) is 24.2 Å². The Bertz CT molecular complexity index is 330. The molecule has 1 aliphatic heterocycles. The first kappa shape index (κ1) is 16.8. The van der Waals surface area contributed by atoms with Gasteiger partial charge in [-0.3, -0.25) is 4.79 Å². The van der Waals surface area contributed by atoms with Crippen molar-refractivity contribution in [1.29, 1.82) is 0 Å². The highest BCUT2D eigenvalue weighted by molar-refractivity contribution is 5.75. The molecule has 0 aromatic heterocycles. The molecule has 1 aliphatic rings. The number of hydrogen-bond donors (Lipinski definition) is 2. The molecule has 6 heteroatoms. The Balaban J connectivity index is 2.30. The molecule has 0 spiro atoms. The van der Waals surface area contributed by atoms with Crippen LogP contribution >= 0.6 is 0 Å². The molecular formula is C14H27N3O3. The Kier molecular flexibility index (Phi) is 6.78. The van der Waals surface area contributed by atoms with Crippen LogP contribution in [-0.2, 0) is 4.79 Å². The number of piperidine rings is 1. The Morgan fingerprint density at radius 2 is 1.85 bits per heavy atom. The van der Waals surface area contributed by atoms with Gasteiger partial charge in [0.2, 0.25) is 0 Å². The summed E-state index contributed by atoms with van der Waals surface area (Å²) in [5.41, 5.74) is 0. The smallest absolute Gasteiger partial charge is 0.317 e. The number of carbonyl (C=O) groups excluding carboxylic acids is 1. The fraction of sp³-hybridized carbons (Fsp3) is 0.857. The molecule has 0 saturated carbocycles. The predicted octanol–water partition coefficient (Wildman–Crippen LogP) is 1.22. The molecule has 1 saturated heterocycles. The van der Waals surface area contributed by atoms with Gasteiger partial charge in [0.25, 0.3) is 0 Å². The topological polar surface area (TPSA) is 72.9 Å². The second-order valence-corrected chi connectivity index (χ2v) is 5.83. The van der Waals surface area contributed by atoms with E-state index in [1.54, 1.807) is 14.0 Å². The van der Waals surface area contributed by atoms with Crippen LogP contribution in [-0.4, -0.2) is 66.2 Å². The minimum Gasteiger partial charge on any atom is -0.481 e. The lowest BCUT2D eigenvalue weighted by molar-refractivity contribution is -0.141. The standard InChI is InChI=1S/C14H27N3O3/c1-11(13(18)19)9-16(3)14(20)15-12(2)10-17-7-5-4-6-8-17/h11-12H,4-10H2,1-3H3,(H,15,20)(H,18,19). The maximum Gasteiger partial charge on any atom is 0.317 e. The lowest BCUT2D eigenvalue weighted by Crippen LogP contribution is -2.48. The zero-order chi connectivity index (χ0) is 15.1. The summed E-state index contributed by atoms with van der Waals surface area (Å²) in [6.07, 6.45) is 3.76. The second-order valence-electron chi connectivity index (χ2n) is 5.83. The molecule has 1 rings (SSSR count). The Labute approximate surface area is 121 Å². The highest BCUT2D eigenvalue weighted by Crippen LogP contribution is 2.09. The minimum atomic E-state index is -0.883. The van der Waals surface area contributed by atoms with Crippen molar-refractivity contribution in [3.63, 3.8) is 0 Å². The summed E-state index contributed by atoms with van der Waals surface area (Å²) in [4.78, 5) is 26.5. The van der Waals surface area contributed by atoms with Crippen molar-refractivity contribution in [3.8, 4) is 0 Å². The van der Waals surface area contributed by atoms with Crippen LogP contribution < -0.4 is 5.32 Å². The first-order valence-electron chi connectivity index (χ1n) is 7.37. The van der Waals surface area contributed by atoms with E-state index in [1.807, 2.05) is 6.92 Å². The zero-order valence-corrected chi connectivity index (χ0v) is 12.8. The SMILES string of the molecule is CC(CN1CCCCC1)NC(=O)N(C)CC(C)C(=O)O. The van der Waals surface area contributed by atoms with Gasteiger partial charge in [0.05, 0.1) is 5.92 Å². The molecule has 1 heterocycles. The molecule has 0 radical (unpaired) electrons. The van der Waals surface area contributed by atoms with Crippen LogP contribution in [0.3, 0.4) is 0 Å². The van der Waals surface area contributed by atoms with E-state index in [-0.39, 0.29) is 18.6 Å². The molecule has 0 bridgehead atoms. The molecule has 2 N–H and O–H groups in total. The summed E-state index contributed by atoms with van der Waals surface area (Å²) in [6.45, 7) is 6.87. The quantitative estimate of drug-likeness (QED) is 0.769. The number of amides is 2. The molecule has 116 valence electrons. The average Bonchev–Trinajstić information content (AvgIpc) is 2.39. The largest absolute Gasteiger partial charge is 0.481 e. The van der Waals surface area contributed by atoms with Crippen molar-refractivity contribution < 1.29 is 14.7 Å². The number of urea groups is 1. The first-order chi connectivity index (χ1) is 9.40. The van der Waals surface area contributed by atoms with Gasteiger partial charge in [-0.25, -0.2) is 4.79 Å². The number of likely N-dealkylation sites (tertiary alicyclic amines) is 1. The molecule has 0 aliphatic carbocycles. The number of nitrogens with one attached hydrogen (secondary N) is 1. The highest BCUT2D eigenvalue weighted by Gasteiger charge is 2.19. The molecule has 1 fully saturated rings. The third-order valence-electron chi connectivity index (χ3n) is 3.67. The van der Waals surface area contributed by atoms with E-state index >= 15 is 0 Å². The fourth-order valence-electron chi connectivity index (χ4n) is 2.47. The lowest BCUT2D eigenvalue weighted by Gasteiger charge is -2.30. The summed E-state index contributed by atoms with van der Waals surface area (Å²) in [6, 6.07) is -0.134. The van der Waals surface area contributed by atoms with Gasteiger partial charge in [-0.15, -0.1) is 0 Å². The number of rotatable bonds is 6. The first-order valence-corrected chi connectivity index (χ1v) is 7.37. The van der Waals surface area contributed by atoms with E-state index in [2.05, 4.69) is 10.2 Å². The van der Waals surface area contributed by atoms with E-state index in [0.717, 1.165) is 19.6 Å². The third-order valence-corrected chi connectivity index (χ3v) is 3.67. The molecule has 2 amide bonds. The lowest BCUT2D eigenvalue weighted by atomic mass is 10.1. The van der Waals surface area contributed by atoms with Crippen molar-refractivity contribution in [1.82, 2.24) is 15.1 Å². The van der Waals surface area contributed by atoms with Gasteiger partial charge in [-0.2, -0.15) is 0 Å². The van der Waals surface area contributed by atoms with E-state index in [0.29, 0.717) is 0 Å². The zero-order valence-electron chi connectivity index (χ0n) is 12.8. The van der Waals surface area contributed by atoms with Crippen molar-refractivity contribution in [2.75, 3.05) is 33.2 Å². The van der Waals surface area contributed by atoms with Crippen LogP contribution in [0.15, 0.2) is 0 Å². The Morgan fingerprint density at radius 1 is 1.25 bits per heavy atom. The van der Waals surface area contributed by atoms with E-state index in [4.69, 9.17) is 5.11 Å².